The van der Waals surface area contributed by atoms with Gasteiger partial charge in [0.25, 0.3) is 0 Å². The zero-order valence-electron chi connectivity index (χ0n) is 9.34. The Morgan fingerprint density at radius 1 is 1.12 bits per heavy atom. The molecule has 0 fully saturated rings. The van der Waals surface area contributed by atoms with Crippen LogP contribution in [0.4, 0.5) is 11.5 Å². The van der Waals surface area contributed by atoms with Gasteiger partial charge in [-0.15, -0.1) is 0 Å². The lowest BCUT2D eigenvalue weighted by Gasteiger charge is -2.09. The molecule has 0 amide bonds. The quantitative estimate of drug-likeness (QED) is 0.795. The first-order valence-corrected chi connectivity index (χ1v) is 5.55. The third-order valence-corrected chi connectivity index (χ3v) is 2.32. The molecular formula is C12H12N4S. The zero-order chi connectivity index (χ0) is 12.1. The normalized spacial score (nSPS) is 9.71. The lowest BCUT2D eigenvalue weighted by Crippen LogP contribution is -2.19. The summed E-state index contributed by atoms with van der Waals surface area (Å²) in [5.74, 6) is 0.622. The van der Waals surface area contributed by atoms with Crippen molar-refractivity contribution in [1.82, 2.24) is 9.97 Å². The summed E-state index contributed by atoms with van der Waals surface area (Å²) in [5, 5.41) is 6.52. The van der Waals surface area contributed by atoms with Crippen molar-refractivity contribution in [2.45, 2.75) is 6.92 Å². The molecule has 0 radical (unpaired) electrons. The van der Waals surface area contributed by atoms with Crippen LogP contribution in [0, 0.1) is 6.92 Å². The minimum atomic E-state index is 0.495. The van der Waals surface area contributed by atoms with Crippen molar-refractivity contribution >= 4 is 28.8 Å². The van der Waals surface area contributed by atoms with E-state index in [-0.39, 0.29) is 0 Å². The van der Waals surface area contributed by atoms with Crippen molar-refractivity contribution in [1.29, 1.82) is 0 Å². The van der Waals surface area contributed by atoms with Crippen LogP contribution in [0.25, 0.3) is 0 Å². The fourth-order valence-corrected chi connectivity index (χ4v) is 1.50. The van der Waals surface area contributed by atoms with Crippen molar-refractivity contribution in [3.05, 3.63) is 48.4 Å². The Kier molecular flexibility index (Phi) is 3.62. The second-order valence-corrected chi connectivity index (χ2v) is 3.94. The Labute approximate surface area is 105 Å². The number of hydrogen-bond donors (Lipinski definition) is 2. The molecule has 2 N–H and O–H groups in total. The monoisotopic (exact) mass is 244 g/mol. The van der Waals surface area contributed by atoms with Gasteiger partial charge in [0.1, 0.15) is 0 Å². The standard InChI is InChI=1S/C12H12N4S/c1-9-2-4-10(5-3-9)15-12(17)16-11-8-13-6-7-14-11/h2-8H,1H3,(H2,14,15,16,17). The molecule has 0 bridgehead atoms. The summed E-state index contributed by atoms with van der Waals surface area (Å²) in [7, 11) is 0. The van der Waals surface area contributed by atoms with Gasteiger partial charge in [-0.25, -0.2) is 4.98 Å². The highest BCUT2D eigenvalue weighted by molar-refractivity contribution is 7.80. The third kappa shape index (κ3) is 3.49. The summed E-state index contributed by atoms with van der Waals surface area (Å²) in [6.45, 7) is 2.04. The molecule has 0 saturated carbocycles. The first-order chi connectivity index (χ1) is 8.24. The third-order valence-electron chi connectivity index (χ3n) is 2.11. The average molecular weight is 244 g/mol. The molecule has 0 atom stereocenters. The van der Waals surface area contributed by atoms with E-state index in [0.29, 0.717) is 10.9 Å². The number of benzene rings is 1. The van der Waals surface area contributed by atoms with Crippen molar-refractivity contribution in [3.63, 3.8) is 0 Å². The zero-order valence-corrected chi connectivity index (χ0v) is 10.2. The summed E-state index contributed by atoms with van der Waals surface area (Å²) >= 11 is 5.16. The number of nitrogens with one attached hydrogen (secondary N) is 2. The Hall–Kier alpha value is -2.01. The minimum Gasteiger partial charge on any atom is -0.332 e. The maximum Gasteiger partial charge on any atom is 0.176 e. The molecule has 2 aromatic rings. The van der Waals surface area contributed by atoms with E-state index >= 15 is 0 Å². The Bertz CT molecular complexity index is 496. The number of rotatable bonds is 2. The predicted molar refractivity (Wildman–Crippen MR) is 73.1 cm³/mol. The van der Waals surface area contributed by atoms with Gasteiger partial charge < -0.3 is 10.6 Å². The second-order valence-electron chi connectivity index (χ2n) is 3.54. The Morgan fingerprint density at radius 3 is 2.53 bits per heavy atom. The maximum atomic E-state index is 5.16. The van der Waals surface area contributed by atoms with Gasteiger partial charge in [0, 0.05) is 18.1 Å². The highest BCUT2D eigenvalue weighted by atomic mass is 32.1. The van der Waals surface area contributed by atoms with E-state index in [1.165, 1.54) is 5.56 Å². The van der Waals surface area contributed by atoms with Crippen molar-refractivity contribution in [2.24, 2.45) is 0 Å². The van der Waals surface area contributed by atoms with E-state index in [0.717, 1.165) is 5.69 Å². The van der Waals surface area contributed by atoms with Gasteiger partial charge in [-0.05, 0) is 31.3 Å². The average Bonchev–Trinajstić information content (AvgIpc) is 2.33. The van der Waals surface area contributed by atoms with E-state index in [1.807, 2.05) is 31.2 Å². The van der Waals surface area contributed by atoms with E-state index in [2.05, 4.69) is 20.6 Å². The molecular weight excluding hydrogens is 232 g/mol. The van der Waals surface area contributed by atoms with Gasteiger partial charge in [0.05, 0.1) is 6.20 Å². The number of aromatic nitrogens is 2. The summed E-state index contributed by atoms with van der Waals surface area (Å²) in [4.78, 5) is 8.02. The summed E-state index contributed by atoms with van der Waals surface area (Å²) < 4.78 is 0. The van der Waals surface area contributed by atoms with Gasteiger partial charge in [-0.2, -0.15) is 0 Å². The molecule has 0 spiro atoms. The molecule has 1 heterocycles. The van der Waals surface area contributed by atoms with Gasteiger partial charge in [-0.1, -0.05) is 17.7 Å². The van der Waals surface area contributed by atoms with Gasteiger partial charge in [-0.3, -0.25) is 4.98 Å². The summed E-state index contributed by atoms with van der Waals surface area (Å²) in [6, 6.07) is 7.99. The minimum absolute atomic E-state index is 0.495. The van der Waals surface area contributed by atoms with Crippen LogP contribution in [0.5, 0.6) is 0 Å². The van der Waals surface area contributed by atoms with Gasteiger partial charge in [0.15, 0.2) is 10.9 Å². The Morgan fingerprint density at radius 2 is 1.88 bits per heavy atom. The first-order valence-electron chi connectivity index (χ1n) is 5.15. The van der Waals surface area contributed by atoms with Gasteiger partial charge >= 0.3 is 0 Å². The number of nitrogens with zero attached hydrogens (tertiary/aromatic N) is 2. The van der Waals surface area contributed by atoms with Gasteiger partial charge in [0.2, 0.25) is 0 Å². The molecule has 1 aromatic carbocycles. The lowest BCUT2D eigenvalue weighted by molar-refractivity contribution is 1.21. The smallest absolute Gasteiger partial charge is 0.176 e. The predicted octanol–water partition coefficient (Wildman–Crippen LogP) is 2.59. The Balaban J connectivity index is 1.96. The number of hydrogen-bond acceptors (Lipinski definition) is 3. The van der Waals surface area contributed by atoms with Crippen molar-refractivity contribution in [3.8, 4) is 0 Å². The molecule has 1 aromatic heterocycles. The van der Waals surface area contributed by atoms with E-state index in [4.69, 9.17) is 12.2 Å². The topological polar surface area (TPSA) is 49.8 Å². The highest BCUT2D eigenvalue weighted by Crippen LogP contribution is 2.09. The van der Waals surface area contributed by atoms with Crippen LogP contribution < -0.4 is 10.6 Å². The maximum absolute atomic E-state index is 5.16. The second kappa shape index (κ2) is 5.36. The van der Waals surface area contributed by atoms with Crippen LogP contribution in [0.1, 0.15) is 5.56 Å². The van der Waals surface area contributed by atoms with E-state index in [9.17, 15) is 0 Å². The van der Waals surface area contributed by atoms with Crippen LogP contribution in [-0.4, -0.2) is 15.1 Å². The number of anilines is 2. The van der Waals surface area contributed by atoms with Crippen molar-refractivity contribution < 1.29 is 0 Å². The number of thiocarbonyl (C=S) groups is 1. The van der Waals surface area contributed by atoms with E-state index < -0.39 is 0 Å². The van der Waals surface area contributed by atoms with Crippen LogP contribution in [0.3, 0.4) is 0 Å². The molecule has 0 aliphatic rings. The van der Waals surface area contributed by atoms with Crippen LogP contribution >= 0.6 is 12.2 Å². The number of aryl methyl sites for hydroxylation is 1. The SMILES string of the molecule is Cc1ccc(NC(=S)Nc2cnccn2)cc1. The molecule has 17 heavy (non-hydrogen) atoms. The first kappa shape index (κ1) is 11.5. The summed E-state index contributed by atoms with van der Waals surface area (Å²) in [6.07, 6.45) is 4.83. The molecule has 5 heteroatoms. The molecule has 0 aliphatic carbocycles. The van der Waals surface area contributed by atoms with Crippen LogP contribution in [-0.2, 0) is 0 Å². The largest absolute Gasteiger partial charge is 0.332 e. The molecule has 86 valence electrons. The molecule has 0 aliphatic heterocycles. The lowest BCUT2D eigenvalue weighted by atomic mass is 10.2. The molecule has 2 rings (SSSR count). The highest BCUT2D eigenvalue weighted by Gasteiger charge is 1.99. The molecule has 0 saturated heterocycles. The summed E-state index contributed by atoms with van der Waals surface area (Å²) in [5.41, 5.74) is 2.15. The van der Waals surface area contributed by atoms with Crippen LogP contribution in [0.15, 0.2) is 42.9 Å². The van der Waals surface area contributed by atoms with E-state index in [1.54, 1.807) is 18.6 Å². The fraction of sp³-hybridized carbons (Fsp3) is 0.0833. The molecule has 0 unspecified atom stereocenters. The van der Waals surface area contributed by atoms with Crippen LogP contribution in [0.2, 0.25) is 0 Å². The fourth-order valence-electron chi connectivity index (χ4n) is 1.28. The van der Waals surface area contributed by atoms with Crippen molar-refractivity contribution in [2.75, 3.05) is 10.6 Å². The molecule has 4 nitrogen and oxygen atoms in total.